The van der Waals surface area contributed by atoms with Gasteiger partial charge in [-0.2, -0.15) is 4.98 Å². The molecule has 24 heavy (non-hydrogen) atoms. The summed E-state index contributed by atoms with van der Waals surface area (Å²) >= 11 is 0. The van der Waals surface area contributed by atoms with Crippen LogP contribution in [-0.2, 0) is 11.3 Å². The van der Waals surface area contributed by atoms with E-state index in [9.17, 15) is 19.1 Å². The zero-order valence-corrected chi connectivity index (χ0v) is 12.2. The average Bonchev–Trinajstić information content (AvgIpc) is 2.96. The minimum Gasteiger partial charge on any atom is -0.394 e. The quantitative estimate of drug-likeness (QED) is 0.459. The minimum absolute atomic E-state index is 0.175. The fourth-order valence-electron chi connectivity index (χ4n) is 2.74. The highest BCUT2D eigenvalue weighted by atomic mass is 19.1. The first-order chi connectivity index (χ1) is 11.4. The first-order valence-electron chi connectivity index (χ1n) is 6.93. The maximum Gasteiger partial charge on any atom is 0.333 e. The number of fused-ring (bicyclic) bond motifs is 1. The van der Waals surface area contributed by atoms with Crippen molar-refractivity contribution >= 4 is 17.1 Å². The van der Waals surface area contributed by atoms with Gasteiger partial charge in [0.1, 0.15) is 12.2 Å². The van der Waals surface area contributed by atoms with Crippen LogP contribution in [0.1, 0.15) is 6.23 Å². The van der Waals surface area contributed by atoms with Crippen molar-refractivity contribution in [2.75, 3.05) is 12.3 Å². The van der Waals surface area contributed by atoms with E-state index in [0.717, 1.165) is 9.13 Å². The van der Waals surface area contributed by atoms with Gasteiger partial charge in [0.2, 0.25) is 5.95 Å². The number of nitrogens with one attached hydrogen (secondary N) is 1. The highest BCUT2D eigenvalue weighted by molar-refractivity contribution is 5.72. The summed E-state index contributed by atoms with van der Waals surface area (Å²) < 4.78 is 20.9. The molecule has 1 aliphatic heterocycles. The lowest BCUT2D eigenvalue weighted by atomic mass is 10.1. The molecule has 1 fully saturated rings. The van der Waals surface area contributed by atoms with Crippen LogP contribution >= 0.6 is 0 Å². The van der Waals surface area contributed by atoms with E-state index < -0.39 is 42.5 Å². The van der Waals surface area contributed by atoms with Gasteiger partial charge >= 0.3 is 5.69 Å². The van der Waals surface area contributed by atoms with Crippen molar-refractivity contribution in [2.24, 2.45) is 0 Å². The number of halogens is 1. The number of ether oxygens (including phenoxy) is 1. The second-order valence-electron chi connectivity index (χ2n) is 5.25. The van der Waals surface area contributed by atoms with Crippen LogP contribution in [-0.4, -0.2) is 54.3 Å². The van der Waals surface area contributed by atoms with Crippen LogP contribution in [0.2, 0.25) is 0 Å². The van der Waals surface area contributed by atoms with Gasteiger partial charge in [-0.05, 0) is 0 Å². The van der Waals surface area contributed by atoms with Crippen molar-refractivity contribution in [3.05, 3.63) is 20.8 Å². The summed E-state index contributed by atoms with van der Waals surface area (Å²) in [7, 11) is 0. The van der Waals surface area contributed by atoms with Gasteiger partial charge in [0, 0.05) is 0 Å². The molecule has 11 heteroatoms. The SMILES string of the molecule is C#CCn1c(=O)n([C@@H]2O[C@H](CO)[C@@H](F)[C@H]2O)c2nc(N)[nH]c(=O)c21. The van der Waals surface area contributed by atoms with E-state index in [-0.39, 0.29) is 23.7 Å². The molecule has 1 aliphatic rings. The Hall–Kier alpha value is -2.68. The number of alkyl halides is 1. The molecule has 0 aromatic carbocycles. The monoisotopic (exact) mass is 339 g/mol. The first kappa shape index (κ1) is 16.2. The molecule has 4 atom stereocenters. The Balaban J connectivity index is 2.30. The summed E-state index contributed by atoms with van der Waals surface area (Å²) in [5, 5.41) is 19.1. The predicted octanol–water partition coefficient (Wildman–Crippen LogP) is -2.31. The van der Waals surface area contributed by atoms with Gasteiger partial charge in [0.15, 0.2) is 23.6 Å². The van der Waals surface area contributed by atoms with Gasteiger partial charge in [-0.1, -0.05) is 5.92 Å². The van der Waals surface area contributed by atoms with E-state index in [1.165, 1.54) is 0 Å². The topological polar surface area (TPSA) is 148 Å². The van der Waals surface area contributed by atoms with Gasteiger partial charge in [-0.3, -0.25) is 14.3 Å². The van der Waals surface area contributed by atoms with Gasteiger partial charge < -0.3 is 20.7 Å². The Morgan fingerprint density at radius 3 is 2.79 bits per heavy atom. The fraction of sp³-hybridized carbons (Fsp3) is 0.462. The maximum absolute atomic E-state index is 14.0. The molecule has 3 rings (SSSR count). The third-order valence-corrected chi connectivity index (χ3v) is 3.80. The molecular weight excluding hydrogens is 325 g/mol. The van der Waals surface area contributed by atoms with Crippen LogP contribution in [0.5, 0.6) is 0 Å². The minimum atomic E-state index is -1.92. The van der Waals surface area contributed by atoms with Crippen LogP contribution in [0.4, 0.5) is 10.3 Å². The lowest BCUT2D eigenvalue weighted by Crippen LogP contribution is -2.34. The number of nitrogens with two attached hydrogens (primary N) is 1. The van der Waals surface area contributed by atoms with E-state index in [0.29, 0.717) is 0 Å². The smallest absolute Gasteiger partial charge is 0.333 e. The van der Waals surface area contributed by atoms with Gasteiger partial charge in [0.25, 0.3) is 5.56 Å². The summed E-state index contributed by atoms with van der Waals surface area (Å²) in [6.45, 7) is -0.940. The number of nitrogens with zero attached hydrogens (tertiary/aromatic N) is 3. The van der Waals surface area contributed by atoms with Crippen molar-refractivity contribution in [1.29, 1.82) is 0 Å². The van der Waals surface area contributed by atoms with E-state index in [1.807, 2.05) is 0 Å². The average molecular weight is 339 g/mol. The van der Waals surface area contributed by atoms with Gasteiger partial charge in [0.05, 0.1) is 13.2 Å². The number of nitrogen functional groups attached to an aromatic ring is 1. The highest BCUT2D eigenvalue weighted by Gasteiger charge is 2.46. The Bertz CT molecular complexity index is 941. The summed E-state index contributed by atoms with van der Waals surface area (Å²) in [4.78, 5) is 30.8. The van der Waals surface area contributed by atoms with E-state index in [2.05, 4.69) is 15.9 Å². The first-order valence-corrected chi connectivity index (χ1v) is 6.93. The van der Waals surface area contributed by atoms with Gasteiger partial charge in [-0.25, -0.2) is 13.8 Å². The number of hydrogen-bond acceptors (Lipinski definition) is 7. The molecule has 0 bridgehead atoms. The largest absolute Gasteiger partial charge is 0.394 e. The molecule has 2 aromatic heterocycles. The van der Waals surface area contributed by atoms with E-state index in [4.69, 9.17) is 22.0 Å². The molecule has 128 valence electrons. The number of imidazole rings is 1. The van der Waals surface area contributed by atoms with Crippen molar-refractivity contribution in [3.8, 4) is 12.3 Å². The maximum atomic E-state index is 14.0. The second-order valence-corrected chi connectivity index (χ2v) is 5.25. The molecule has 0 unspecified atom stereocenters. The predicted molar refractivity (Wildman–Crippen MR) is 79.8 cm³/mol. The van der Waals surface area contributed by atoms with Crippen molar-refractivity contribution in [1.82, 2.24) is 19.1 Å². The van der Waals surface area contributed by atoms with Crippen LogP contribution < -0.4 is 17.0 Å². The molecular formula is C13H14FN5O5. The zero-order chi connectivity index (χ0) is 17.6. The molecule has 1 saturated heterocycles. The molecule has 2 aromatic rings. The number of H-pyrrole nitrogens is 1. The molecule has 0 saturated carbocycles. The highest BCUT2D eigenvalue weighted by Crippen LogP contribution is 2.31. The van der Waals surface area contributed by atoms with Gasteiger partial charge in [-0.15, -0.1) is 6.42 Å². The Morgan fingerprint density at radius 2 is 2.21 bits per heavy atom. The van der Waals surface area contributed by atoms with E-state index in [1.54, 1.807) is 0 Å². The van der Waals surface area contributed by atoms with Crippen molar-refractivity contribution in [2.45, 2.75) is 31.2 Å². The van der Waals surface area contributed by atoms with Crippen LogP contribution in [0.25, 0.3) is 11.2 Å². The standard InChI is InChI=1S/C13H14FN5O5/c1-2-3-18-7-9(16-12(15)17-10(7)22)19(13(18)23)11-8(21)6(14)5(4-20)24-11/h1,5-6,8,11,20-21H,3-4H2,(H3,15,16,17,22)/t5-,6-,8-,11-/m1/s1. The summed E-state index contributed by atoms with van der Waals surface area (Å²) in [6.07, 6.45) is -1.26. The third kappa shape index (κ3) is 2.20. The number of anilines is 1. The third-order valence-electron chi connectivity index (χ3n) is 3.80. The van der Waals surface area contributed by atoms with Crippen LogP contribution in [0, 0.1) is 12.3 Å². The molecule has 10 nitrogen and oxygen atoms in total. The fourth-order valence-corrected chi connectivity index (χ4v) is 2.74. The van der Waals surface area contributed by atoms with Crippen LogP contribution in [0.15, 0.2) is 9.59 Å². The number of aliphatic hydroxyl groups is 2. The van der Waals surface area contributed by atoms with E-state index >= 15 is 0 Å². The Labute approximate surface area is 133 Å². The zero-order valence-electron chi connectivity index (χ0n) is 12.2. The number of aliphatic hydroxyl groups excluding tert-OH is 2. The molecule has 0 amide bonds. The number of aromatic nitrogens is 4. The number of hydrogen-bond donors (Lipinski definition) is 4. The molecule has 0 radical (unpaired) electrons. The normalized spacial score (nSPS) is 26.8. The molecule has 5 N–H and O–H groups in total. The number of rotatable bonds is 3. The lowest BCUT2D eigenvalue weighted by Gasteiger charge is -2.15. The van der Waals surface area contributed by atoms with Crippen molar-refractivity contribution in [3.63, 3.8) is 0 Å². The lowest BCUT2D eigenvalue weighted by molar-refractivity contribution is -0.0513. The summed E-state index contributed by atoms with van der Waals surface area (Å²) in [5.74, 6) is 1.95. The molecule has 3 heterocycles. The second kappa shape index (κ2) is 5.75. The number of terminal acetylenes is 1. The molecule has 0 aliphatic carbocycles. The Morgan fingerprint density at radius 1 is 1.50 bits per heavy atom. The van der Waals surface area contributed by atoms with Crippen LogP contribution in [0.3, 0.4) is 0 Å². The van der Waals surface area contributed by atoms with Crippen molar-refractivity contribution < 1.29 is 19.3 Å². The summed E-state index contributed by atoms with van der Waals surface area (Å²) in [6, 6.07) is 0. The molecule has 0 spiro atoms. The summed E-state index contributed by atoms with van der Waals surface area (Å²) in [5.41, 5.74) is 3.58. The Kier molecular flexibility index (Phi) is 3.88. The number of aromatic amines is 1.